The summed E-state index contributed by atoms with van der Waals surface area (Å²) in [7, 11) is 0. The van der Waals surface area contributed by atoms with Crippen LogP contribution in [0.15, 0.2) is 29.6 Å². The second-order valence-electron chi connectivity index (χ2n) is 4.65. The predicted molar refractivity (Wildman–Crippen MR) is 83.6 cm³/mol. The van der Waals surface area contributed by atoms with Gasteiger partial charge in [0.1, 0.15) is 0 Å². The van der Waals surface area contributed by atoms with Gasteiger partial charge in [-0.05, 0) is 25.1 Å². The molecule has 1 aromatic heterocycles. The molecule has 5 nitrogen and oxygen atoms in total. The monoisotopic (exact) mass is 303 g/mol. The Morgan fingerprint density at radius 2 is 2.14 bits per heavy atom. The van der Waals surface area contributed by atoms with E-state index in [2.05, 4.69) is 15.6 Å². The number of benzene rings is 1. The van der Waals surface area contributed by atoms with Crippen LogP contribution in [0.25, 0.3) is 0 Å². The summed E-state index contributed by atoms with van der Waals surface area (Å²) < 4.78 is 0. The van der Waals surface area contributed by atoms with Crippen molar-refractivity contribution in [3.05, 3.63) is 45.9 Å². The molecule has 2 aromatic rings. The maximum atomic E-state index is 12.0. The molecule has 1 aromatic carbocycles. The highest BCUT2D eigenvalue weighted by Crippen LogP contribution is 2.11. The summed E-state index contributed by atoms with van der Waals surface area (Å²) in [6, 6.07) is 6.86. The summed E-state index contributed by atoms with van der Waals surface area (Å²) in [5.41, 5.74) is 2.15. The van der Waals surface area contributed by atoms with Gasteiger partial charge in [0.15, 0.2) is 0 Å². The van der Waals surface area contributed by atoms with E-state index in [1.807, 2.05) is 12.3 Å². The summed E-state index contributed by atoms with van der Waals surface area (Å²) in [5, 5.41) is 8.52. The number of carbonyl (C=O) groups is 2. The molecule has 2 amide bonds. The summed E-state index contributed by atoms with van der Waals surface area (Å²) in [4.78, 5) is 27.4. The van der Waals surface area contributed by atoms with Crippen molar-refractivity contribution in [2.24, 2.45) is 0 Å². The average Bonchev–Trinajstić information content (AvgIpc) is 2.84. The van der Waals surface area contributed by atoms with Crippen LogP contribution in [0.4, 0.5) is 5.69 Å². The van der Waals surface area contributed by atoms with Gasteiger partial charge in [-0.3, -0.25) is 9.59 Å². The van der Waals surface area contributed by atoms with Gasteiger partial charge in [0.05, 0.1) is 5.01 Å². The number of nitrogens with one attached hydrogen (secondary N) is 2. The highest BCUT2D eigenvalue weighted by Gasteiger charge is 2.07. The highest BCUT2D eigenvalue weighted by molar-refractivity contribution is 7.09. The maximum Gasteiger partial charge on any atom is 0.251 e. The lowest BCUT2D eigenvalue weighted by molar-refractivity contribution is -0.114. The molecular formula is C15H17N3O2S. The SMILES string of the molecule is CC(=O)Nc1cccc(C(=O)NCCc2nc(C)cs2)c1. The normalized spacial score (nSPS) is 10.2. The van der Waals surface area contributed by atoms with Crippen LogP contribution in [0.3, 0.4) is 0 Å². The van der Waals surface area contributed by atoms with Gasteiger partial charge in [0, 0.05) is 42.2 Å². The third kappa shape index (κ3) is 4.68. The van der Waals surface area contributed by atoms with Crippen molar-refractivity contribution in [1.29, 1.82) is 0 Å². The van der Waals surface area contributed by atoms with E-state index in [0.717, 1.165) is 17.1 Å². The molecule has 0 atom stereocenters. The fraction of sp³-hybridized carbons (Fsp3) is 0.267. The Labute approximate surface area is 127 Å². The number of amides is 2. The van der Waals surface area contributed by atoms with Crippen LogP contribution < -0.4 is 10.6 Å². The number of rotatable bonds is 5. The molecule has 0 aliphatic rings. The van der Waals surface area contributed by atoms with Gasteiger partial charge in [-0.1, -0.05) is 6.07 Å². The van der Waals surface area contributed by atoms with Crippen LogP contribution in [0.5, 0.6) is 0 Å². The Balaban J connectivity index is 1.89. The molecular weight excluding hydrogens is 286 g/mol. The van der Waals surface area contributed by atoms with E-state index in [4.69, 9.17) is 0 Å². The highest BCUT2D eigenvalue weighted by atomic mass is 32.1. The molecule has 0 saturated carbocycles. The molecule has 1 heterocycles. The molecule has 0 aliphatic heterocycles. The van der Waals surface area contributed by atoms with Gasteiger partial charge in [-0.2, -0.15) is 0 Å². The number of aromatic nitrogens is 1. The van der Waals surface area contributed by atoms with Crippen molar-refractivity contribution in [3.63, 3.8) is 0 Å². The van der Waals surface area contributed by atoms with Crippen LogP contribution in [-0.2, 0) is 11.2 Å². The minimum absolute atomic E-state index is 0.157. The zero-order chi connectivity index (χ0) is 15.2. The zero-order valence-corrected chi connectivity index (χ0v) is 12.8. The van der Waals surface area contributed by atoms with Gasteiger partial charge in [-0.15, -0.1) is 11.3 Å². The summed E-state index contributed by atoms with van der Waals surface area (Å²) in [6.45, 7) is 3.92. The predicted octanol–water partition coefficient (Wildman–Crippen LogP) is 2.38. The number of hydrogen-bond acceptors (Lipinski definition) is 4. The van der Waals surface area contributed by atoms with Crippen LogP contribution in [-0.4, -0.2) is 23.3 Å². The lowest BCUT2D eigenvalue weighted by Gasteiger charge is -2.06. The molecule has 0 fully saturated rings. The van der Waals surface area contributed by atoms with E-state index in [1.54, 1.807) is 35.6 Å². The summed E-state index contributed by atoms with van der Waals surface area (Å²) in [5.74, 6) is -0.317. The molecule has 6 heteroatoms. The van der Waals surface area contributed by atoms with Gasteiger partial charge >= 0.3 is 0 Å². The first-order valence-electron chi connectivity index (χ1n) is 6.61. The fourth-order valence-electron chi connectivity index (χ4n) is 1.84. The van der Waals surface area contributed by atoms with Crippen molar-refractivity contribution < 1.29 is 9.59 Å². The second-order valence-corrected chi connectivity index (χ2v) is 5.59. The standard InChI is InChI=1S/C15H17N3O2S/c1-10-9-21-14(17-10)6-7-16-15(20)12-4-3-5-13(8-12)18-11(2)19/h3-5,8-9H,6-7H2,1-2H3,(H,16,20)(H,18,19). The van der Waals surface area contributed by atoms with Crippen molar-refractivity contribution >= 4 is 28.8 Å². The molecule has 0 saturated heterocycles. The van der Waals surface area contributed by atoms with Crippen LogP contribution in [0.1, 0.15) is 28.0 Å². The maximum absolute atomic E-state index is 12.0. The first-order valence-corrected chi connectivity index (χ1v) is 7.49. The topological polar surface area (TPSA) is 71.1 Å². The van der Waals surface area contributed by atoms with E-state index in [0.29, 0.717) is 17.8 Å². The number of anilines is 1. The molecule has 0 bridgehead atoms. The van der Waals surface area contributed by atoms with Crippen LogP contribution in [0, 0.1) is 6.92 Å². The Hall–Kier alpha value is -2.21. The lowest BCUT2D eigenvalue weighted by atomic mass is 10.2. The van der Waals surface area contributed by atoms with Gasteiger partial charge in [0.2, 0.25) is 5.91 Å². The van der Waals surface area contributed by atoms with Crippen molar-refractivity contribution in [1.82, 2.24) is 10.3 Å². The van der Waals surface area contributed by atoms with Crippen molar-refractivity contribution in [2.75, 3.05) is 11.9 Å². The van der Waals surface area contributed by atoms with E-state index < -0.39 is 0 Å². The molecule has 110 valence electrons. The van der Waals surface area contributed by atoms with Crippen molar-refractivity contribution in [2.45, 2.75) is 20.3 Å². The van der Waals surface area contributed by atoms with E-state index in [1.165, 1.54) is 6.92 Å². The lowest BCUT2D eigenvalue weighted by Crippen LogP contribution is -2.25. The Kier molecular flexibility index (Phi) is 5.05. The molecule has 0 aliphatic carbocycles. The smallest absolute Gasteiger partial charge is 0.251 e. The molecule has 2 rings (SSSR count). The molecule has 2 N–H and O–H groups in total. The zero-order valence-electron chi connectivity index (χ0n) is 12.0. The van der Waals surface area contributed by atoms with Gasteiger partial charge in [-0.25, -0.2) is 4.98 Å². The summed E-state index contributed by atoms with van der Waals surface area (Å²) in [6.07, 6.45) is 0.718. The molecule has 0 spiro atoms. The minimum atomic E-state index is -0.160. The summed E-state index contributed by atoms with van der Waals surface area (Å²) >= 11 is 1.60. The number of carbonyl (C=O) groups excluding carboxylic acids is 2. The Morgan fingerprint density at radius 3 is 2.81 bits per heavy atom. The number of nitrogens with zero attached hydrogens (tertiary/aromatic N) is 1. The Morgan fingerprint density at radius 1 is 1.33 bits per heavy atom. The molecule has 21 heavy (non-hydrogen) atoms. The van der Waals surface area contributed by atoms with Gasteiger partial charge in [0.25, 0.3) is 5.91 Å². The number of thiazole rings is 1. The third-order valence-electron chi connectivity index (χ3n) is 2.74. The molecule has 0 unspecified atom stereocenters. The van der Waals surface area contributed by atoms with Crippen LogP contribution >= 0.6 is 11.3 Å². The molecule has 0 radical (unpaired) electrons. The first-order chi connectivity index (χ1) is 10.0. The number of hydrogen-bond donors (Lipinski definition) is 2. The first kappa shape index (κ1) is 15.2. The Bertz CT molecular complexity index is 652. The third-order valence-corrected chi connectivity index (χ3v) is 3.76. The van der Waals surface area contributed by atoms with Crippen molar-refractivity contribution in [3.8, 4) is 0 Å². The largest absolute Gasteiger partial charge is 0.352 e. The average molecular weight is 303 g/mol. The minimum Gasteiger partial charge on any atom is -0.352 e. The quantitative estimate of drug-likeness (QED) is 0.891. The van der Waals surface area contributed by atoms with Crippen LogP contribution in [0.2, 0.25) is 0 Å². The van der Waals surface area contributed by atoms with E-state index >= 15 is 0 Å². The van der Waals surface area contributed by atoms with Gasteiger partial charge < -0.3 is 10.6 Å². The van der Waals surface area contributed by atoms with E-state index in [9.17, 15) is 9.59 Å². The number of aryl methyl sites for hydroxylation is 1. The second kappa shape index (κ2) is 6.99. The van der Waals surface area contributed by atoms with E-state index in [-0.39, 0.29) is 11.8 Å². The fourth-order valence-corrected chi connectivity index (χ4v) is 2.62.